The predicted molar refractivity (Wildman–Crippen MR) is 118 cm³/mol. The van der Waals surface area contributed by atoms with Gasteiger partial charge < -0.3 is 10.6 Å². The molecule has 8 nitrogen and oxygen atoms in total. The van der Waals surface area contributed by atoms with Crippen molar-refractivity contribution in [1.29, 1.82) is 0 Å². The van der Waals surface area contributed by atoms with Crippen molar-refractivity contribution in [3.63, 3.8) is 0 Å². The molecule has 0 radical (unpaired) electrons. The second-order valence-electron chi connectivity index (χ2n) is 8.43. The van der Waals surface area contributed by atoms with Crippen molar-refractivity contribution in [2.45, 2.75) is 39.7 Å². The molecule has 30 heavy (non-hydrogen) atoms. The Morgan fingerprint density at radius 1 is 1.20 bits per heavy atom. The monoisotopic (exact) mass is 414 g/mol. The summed E-state index contributed by atoms with van der Waals surface area (Å²) in [7, 11) is 0. The number of benzene rings is 1. The van der Waals surface area contributed by atoms with Gasteiger partial charge in [0.15, 0.2) is 12.2 Å². The number of carbonyl (C=O) groups is 1. The standard InChI is InChI=1S/C22H31N5O3/c1-16(2)10-13-26(18(28)15-25-11-6-7-12-25)19-20(23)27(22(30)24-21(19)29)14-17-8-4-3-5-9-17/h3-5,8-9,16H,6-7,10-15,23H2,1-2H3,(H,24,29,30)/p+1. The molecule has 0 saturated carbocycles. The minimum Gasteiger partial charge on any atom is -0.383 e. The van der Waals surface area contributed by atoms with Crippen LogP contribution in [0.25, 0.3) is 0 Å². The van der Waals surface area contributed by atoms with Gasteiger partial charge in [0.05, 0.1) is 19.6 Å². The first-order valence-electron chi connectivity index (χ1n) is 10.7. The topological polar surface area (TPSA) is 106 Å². The second kappa shape index (κ2) is 9.75. The van der Waals surface area contributed by atoms with Crippen molar-refractivity contribution < 1.29 is 9.69 Å². The Bertz CT molecular complexity index is 975. The average Bonchev–Trinajstić information content (AvgIpc) is 3.21. The number of H-pyrrole nitrogens is 1. The number of amides is 1. The third kappa shape index (κ3) is 5.18. The maximum absolute atomic E-state index is 13.2. The first kappa shape index (κ1) is 21.8. The zero-order valence-electron chi connectivity index (χ0n) is 17.8. The van der Waals surface area contributed by atoms with Crippen LogP contribution in [-0.2, 0) is 11.3 Å². The highest BCUT2D eigenvalue weighted by atomic mass is 16.2. The van der Waals surface area contributed by atoms with E-state index in [1.54, 1.807) is 0 Å². The van der Waals surface area contributed by atoms with Crippen LogP contribution in [-0.4, -0.2) is 41.6 Å². The van der Waals surface area contributed by atoms with Crippen molar-refractivity contribution in [3.8, 4) is 0 Å². The van der Waals surface area contributed by atoms with Crippen molar-refractivity contribution in [2.75, 3.05) is 36.8 Å². The average molecular weight is 415 g/mol. The number of nitrogens with zero attached hydrogens (tertiary/aromatic N) is 2. The Balaban J connectivity index is 1.98. The number of hydrogen-bond acceptors (Lipinski definition) is 4. The van der Waals surface area contributed by atoms with Crippen molar-refractivity contribution in [3.05, 3.63) is 56.7 Å². The minimum atomic E-state index is -0.615. The van der Waals surface area contributed by atoms with E-state index in [2.05, 4.69) is 18.8 Å². The van der Waals surface area contributed by atoms with E-state index < -0.39 is 11.2 Å². The first-order valence-corrected chi connectivity index (χ1v) is 10.7. The number of likely N-dealkylation sites (tertiary alicyclic amines) is 1. The summed E-state index contributed by atoms with van der Waals surface area (Å²) in [5, 5.41) is 0. The fourth-order valence-corrected chi connectivity index (χ4v) is 3.87. The van der Waals surface area contributed by atoms with Gasteiger partial charge in [-0.15, -0.1) is 0 Å². The predicted octanol–water partition coefficient (Wildman–Crippen LogP) is 0.225. The molecule has 1 aliphatic heterocycles. The van der Waals surface area contributed by atoms with Crippen LogP contribution in [0.1, 0.15) is 38.7 Å². The molecule has 2 heterocycles. The molecule has 1 aliphatic rings. The molecule has 1 fully saturated rings. The summed E-state index contributed by atoms with van der Waals surface area (Å²) in [6.45, 7) is 7.00. The molecule has 8 heteroatoms. The first-order chi connectivity index (χ1) is 14.4. The second-order valence-corrected chi connectivity index (χ2v) is 8.43. The lowest BCUT2D eigenvalue weighted by Gasteiger charge is -2.26. The van der Waals surface area contributed by atoms with Gasteiger partial charge in [0.25, 0.3) is 11.5 Å². The third-order valence-corrected chi connectivity index (χ3v) is 5.61. The van der Waals surface area contributed by atoms with Gasteiger partial charge in [0, 0.05) is 19.4 Å². The Morgan fingerprint density at radius 2 is 1.87 bits per heavy atom. The van der Waals surface area contributed by atoms with Crippen LogP contribution in [0.5, 0.6) is 0 Å². The summed E-state index contributed by atoms with van der Waals surface area (Å²) in [5.41, 5.74) is 6.09. The Labute approximate surface area is 176 Å². The Hall–Kier alpha value is -2.87. The molecule has 2 aromatic rings. The molecular weight excluding hydrogens is 382 g/mol. The molecule has 1 saturated heterocycles. The summed E-state index contributed by atoms with van der Waals surface area (Å²) >= 11 is 0. The molecule has 3 rings (SSSR count). The van der Waals surface area contributed by atoms with Crippen LogP contribution in [0.4, 0.5) is 11.5 Å². The lowest BCUT2D eigenvalue weighted by molar-refractivity contribution is -0.878. The molecular formula is C22H32N5O3+. The zero-order chi connectivity index (χ0) is 21.7. The maximum Gasteiger partial charge on any atom is 0.330 e. The van der Waals surface area contributed by atoms with E-state index in [9.17, 15) is 14.4 Å². The molecule has 1 aromatic carbocycles. The number of rotatable bonds is 8. The molecule has 0 unspecified atom stereocenters. The van der Waals surface area contributed by atoms with Crippen LogP contribution in [0.3, 0.4) is 0 Å². The van der Waals surface area contributed by atoms with Gasteiger partial charge in [-0.1, -0.05) is 44.2 Å². The highest BCUT2D eigenvalue weighted by Gasteiger charge is 2.28. The van der Waals surface area contributed by atoms with E-state index in [4.69, 9.17) is 5.73 Å². The summed E-state index contributed by atoms with van der Waals surface area (Å²) in [5.74, 6) is 0.255. The number of quaternary nitrogens is 1. The molecule has 162 valence electrons. The lowest BCUT2D eigenvalue weighted by Crippen LogP contribution is -3.11. The largest absolute Gasteiger partial charge is 0.383 e. The van der Waals surface area contributed by atoms with Crippen LogP contribution in [0, 0.1) is 5.92 Å². The fraction of sp³-hybridized carbons (Fsp3) is 0.500. The number of nitrogens with two attached hydrogens (primary N) is 1. The van der Waals surface area contributed by atoms with Crippen molar-refractivity contribution in [1.82, 2.24) is 9.55 Å². The van der Waals surface area contributed by atoms with E-state index in [-0.39, 0.29) is 24.0 Å². The summed E-state index contributed by atoms with van der Waals surface area (Å²) in [6, 6.07) is 9.41. The summed E-state index contributed by atoms with van der Waals surface area (Å²) < 4.78 is 1.32. The maximum atomic E-state index is 13.2. The van der Waals surface area contributed by atoms with Crippen molar-refractivity contribution in [2.24, 2.45) is 5.92 Å². The number of nitrogens with one attached hydrogen (secondary N) is 2. The summed E-state index contributed by atoms with van der Waals surface area (Å²) in [6.07, 6.45) is 2.95. The van der Waals surface area contributed by atoms with E-state index >= 15 is 0 Å². The minimum absolute atomic E-state index is 0.0288. The molecule has 4 N–H and O–H groups in total. The van der Waals surface area contributed by atoms with Gasteiger partial charge in [0.2, 0.25) is 0 Å². The van der Waals surface area contributed by atoms with E-state index in [0.717, 1.165) is 37.9 Å². The quantitative estimate of drug-likeness (QED) is 0.575. The molecule has 0 atom stereocenters. The fourth-order valence-electron chi connectivity index (χ4n) is 3.87. The van der Waals surface area contributed by atoms with Crippen LogP contribution >= 0.6 is 0 Å². The van der Waals surface area contributed by atoms with Crippen molar-refractivity contribution >= 4 is 17.4 Å². The van der Waals surface area contributed by atoms with Gasteiger partial charge in [-0.2, -0.15) is 0 Å². The number of hydrogen-bond donors (Lipinski definition) is 3. The third-order valence-electron chi connectivity index (χ3n) is 5.61. The van der Waals surface area contributed by atoms with Gasteiger partial charge >= 0.3 is 5.69 Å². The molecule has 0 bridgehead atoms. The number of carbonyl (C=O) groups excluding carboxylic acids is 1. The lowest BCUT2D eigenvalue weighted by atomic mass is 10.1. The SMILES string of the molecule is CC(C)CCN(C(=O)C[NH+]1CCCC1)c1c(N)n(Cc2ccccc2)c(=O)[nH]c1=O. The van der Waals surface area contributed by atoms with Crippen LogP contribution in [0.15, 0.2) is 39.9 Å². The van der Waals surface area contributed by atoms with Gasteiger partial charge in [-0.25, -0.2) is 4.79 Å². The van der Waals surface area contributed by atoms with E-state index in [1.165, 1.54) is 14.4 Å². The van der Waals surface area contributed by atoms with Crippen LogP contribution in [0.2, 0.25) is 0 Å². The zero-order valence-corrected chi connectivity index (χ0v) is 17.8. The number of anilines is 2. The van der Waals surface area contributed by atoms with Gasteiger partial charge in [-0.3, -0.25) is 24.0 Å². The Kier molecular flexibility index (Phi) is 7.10. The molecule has 0 aliphatic carbocycles. The summed E-state index contributed by atoms with van der Waals surface area (Å²) in [4.78, 5) is 43.5. The molecule has 1 aromatic heterocycles. The molecule has 1 amide bonds. The van der Waals surface area contributed by atoms with E-state index in [1.807, 2.05) is 30.3 Å². The van der Waals surface area contributed by atoms with Gasteiger partial charge in [0.1, 0.15) is 5.82 Å². The molecule has 0 spiro atoms. The number of aromatic amines is 1. The van der Waals surface area contributed by atoms with Crippen LogP contribution < -0.4 is 26.8 Å². The number of nitrogen functional groups attached to an aromatic ring is 1. The number of aromatic nitrogens is 2. The normalized spacial score (nSPS) is 14.4. The van der Waals surface area contributed by atoms with Gasteiger partial charge in [-0.05, 0) is 17.9 Å². The smallest absolute Gasteiger partial charge is 0.330 e. The van der Waals surface area contributed by atoms with E-state index in [0.29, 0.717) is 19.0 Å². The highest BCUT2D eigenvalue weighted by molar-refractivity contribution is 5.96. The Morgan fingerprint density at radius 3 is 2.50 bits per heavy atom. The highest BCUT2D eigenvalue weighted by Crippen LogP contribution is 2.19.